The molecule has 1 atom stereocenters. The quantitative estimate of drug-likeness (QED) is 0.862. The molecule has 0 heterocycles. The van der Waals surface area contributed by atoms with Crippen molar-refractivity contribution in [1.29, 1.82) is 0 Å². The van der Waals surface area contributed by atoms with Gasteiger partial charge in [0.05, 0.1) is 0 Å². The van der Waals surface area contributed by atoms with E-state index < -0.39 is 17.3 Å². The number of aliphatic carboxylic acids is 1. The molecule has 0 saturated carbocycles. The summed E-state index contributed by atoms with van der Waals surface area (Å²) in [6.45, 7) is 3.15. The van der Waals surface area contributed by atoms with E-state index in [2.05, 4.69) is 21.2 Å². The van der Waals surface area contributed by atoms with Crippen molar-refractivity contribution in [3.8, 4) is 0 Å². The molecule has 21 heavy (non-hydrogen) atoms. The second-order valence-corrected chi connectivity index (χ2v) is 5.94. The van der Waals surface area contributed by atoms with Gasteiger partial charge in [0.2, 0.25) is 0 Å². The number of hydrogen-bond acceptors (Lipinski definition) is 2. The van der Waals surface area contributed by atoms with Crippen LogP contribution in [0.4, 0.5) is 10.1 Å². The fourth-order valence-corrected chi connectivity index (χ4v) is 2.24. The monoisotopic (exact) mass is 351 g/mol. The molecule has 110 valence electrons. The molecule has 3 nitrogen and oxygen atoms in total. The highest BCUT2D eigenvalue weighted by atomic mass is 79.9. The second kappa shape index (κ2) is 5.85. The highest BCUT2D eigenvalue weighted by Gasteiger charge is 2.35. The van der Waals surface area contributed by atoms with Crippen molar-refractivity contribution in [3.63, 3.8) is 0 Å². The van der Waals surface area contributed by atoms with Gasteiger partial charge in [-0.25, -0.2) is 9.18 Å². The lowest BCUT2D eigenvalue weighted by Gasteiger charge is -2.28. The van der Waals surface area contributed by atoms with Gasteiger partial charge in [-0.05, 0) is 55.3 Å². The van der Waals surface area contributed by atoms with E-state index in [9.17, 15) is 14.3 Å². The van der Waals surface area contributed by atoms with Gasteiger partial charge in [0, 0.05) is 10.2 Å². The molecule has 0 aliphatic rings. The molecule has 0 saturated heterocycles. The molecule has 0 radical (unpaired) electrons. The minimum Gasteiger partial charge on any atom is -0.479 e. The SMILES string of the molecule is Cc1ccc(C(C)(Nc2ccc(Br)cc2)C(=O)O)cc1F. The minimum atomic E-state index is -1.41. The van der Waals surface area contributed by atoms with Crippen LogP contribution >= 0.6 is 15.9 Å². The first-order valence-corrected chi connectivity index (χ1v) is 7.16. The summed E-state index contributed by atoms with van der Waals surface area (Å²) in [5.41, 5.74) is 0.0720. The molecule has 2 aromatic carbocycles. The van der Waals surface area contributed by atoms with E-state index in [1.165, 1.54) is 13.0 Å². The molecule has 5 heteroatoms. The van der Waals surface area contributed by atoms with Crippen LogP contribution in [0.25, 0.3) is 0 Å². The Hall–Kier alpha value is -1.88. The average Bonchev–Trinajstić information content (AvgIpc) is 2.44. The Labute approximate surface area is 130 Å². The maximum absolute atomic E-state index is 13.7. The summed E-state index contributed by atoms with van der Waals surface area (Å²) in [4.78, 5) is 11.7. The molecular weight excluding hydrogens is 337 g/mol. The number of nitrogens with one attached hydrogen (secondary N) is 1. The Morgan fingerprint density at radius 2 is 1.86 bits per heavy atom. The van der Waals surface area contributed by atoms with Gasteiger partial charge in [0.1, 0.15) is 5.82 Å². The van der Waals surface area contributed by atoms with E-state index in [4.69, 9.17) is 0 Å². The molecule has 2 aromatic rings. The Bertz CT molecular complexity index is 672. The number of aryl methyl sites for hydroxylation is 1. The van der Waals surface area contributed by atoms with Crippen molar-refractivity contribution in [2.75, 3.05) is 5.32 Å². The lowest BCUT2D eigenvalue weighted by Crippen LogP contribution is -2.40. The van der Waals surface area contributed by atoms with Crippen LogP contribution in [-0.2, 0) is 10.3 Å². The molecule has 0 aliphatic carbocycles. The molecular formula is C16H15BrFNO2. The predicted molar refractivity (Wildman–Crippen MR) is 83.9 cm³/mol. The zero-order chi connectivity index (χ0) is 15.6. The van der Waals surface area contributed by atoms with E-state index in [0.29, 0.717) is 16.8 Å². The fraction of sp³-hybridized carbons (Fsp3) is 0.188. The van der Waals surface area contributed by atoms with Crippen LogP contribution in [0, 0.1) is 12.7 Å². The van der Waals surface area contributed by atoms with Gasteiger partial charge in [0.15, 0.2) is 5.54 Å². The fourth-order valence-electron chi connectivity index (χ4n) is 1.97. The molecule has 0 aliphatic heterocycles. The van der Waals surface area contributed by atoms with Crippen LogP contribution in [0.15, 0.2) is 46.9 Å². The number of carboxylic acids is 1. The average molecular weight is 352 g/mol. The van der Waals surface area contributed by atoms with Gasteiger partial charge in [-0.2, -0.15) is 0 Å². The molecule has 1 unspecified atom stereocenters. The highest BCUT2D eigenvalue weighted by Crippen LogP contribution is 2.28. The van der Waals surface area contributed by atoms with Gasteiger partial charge in [-0.1, -0.05) is 28.1 Å². The third kappa shape index (κ3) is 3.24. The summed E-state index contributed by atoms with van der Waals surface area (Å²) in [7, 11) is 0. The molecule has 2 N–H and O–H groups in total. The molecule has 0 bridgehead atoms. The third-order valence-electron chi connectivity index (χ3n) is 3.42. The molecule has 2 rings (SSSR count). The van der Waals surface area contributed by atoms with Crippen molar-refractivity contribution in [3.05, 3.63) is 63.9 Å². The predicted octanol–water partition coefficient (Wildman–Crippen LogP) is 4.31. The van der Waals surface area contributed by atoms with Gasteiger partial charge in [-0.3, -0.25) is 0 Å². The van der Waals surface area contributed by atoms with E-state index >= 15 is 0 Å². The minimum absolute atomic E-state index is 0.362. The maximum Gasteiger partial charge on any atom is 0.333 e. The smallest absolute Gasteiger partial charge is 0.333 e. The first-order valence-electron chi connectivity index (χ1n) is 6.37. The Balaban J connectivity index is 2.42. The van der Waals surface area contributed by atoms with E-state index in [1.807, 2.05) is 0 Å². The number of rotatable bonds is 4. The Morgan fingerprint density at radius 1 is 1.24 bits per heavy atom. The van der Waals surface area contributed by atoms with Crippen molar-refractivity contribution in [2.45, 2.75) is 19.4 Å². The molecule has 0 amide bonds. The zero-order valence-corrected chi connectivity index (χ0v) is 13.2. The first kappa shape index (κ1) is 15.5. The summed E-state index contributed by atoms with van der Waals surface area (Å²) < 4.78 is 14.6. The Morgan fingerprint density at radius 3 is 2.38 bits per heavy atom. The van der Waals surface area contributed by atoms with Crippen molar-refractivity contribution >= 4 is 27.6 Å². The molecule has 0 fully saturated rings. The van der Waals surface area contributed by atoms with Crippen LogP contribution < -0.4 is 5.32 Å². The van der Waals surface area contributed by atoms with Crippen molar-refractivity contribution in [1.82, 2.24) is 0 Å². The van der Waals surface area contributed by atoms with Crippen molar-refractivity contribution < 1.29 is 14.3 Å². The second-order valence-electron chi connectivity index (χ2n) is 5.03. The van der Waals surface area contributed by atoms with Crippen LogP contribution in [0.3, 0.4) is 0 Å². The number of hydrogen-bond donors (Lipinski definition) is 2. The lowest BCUT2D eigenvalue weighted by atomic mass is 9.90. The van der Waals surface area contributed by atoms with Crippen molar-refractivity contribution in [2.24, 2.45) is 0 Å². The van der Waals surface area contributed by atoms with Gasteiger partial charge in [0.25, 0.3) is 0 Å². The summed E-state index contributed by atoms with van der Waals surface area (Å²) in [5, 5.41) is 12.5. The summed E-state index contributed by atoms with van der Waals surface area (Å²) in [6.07, 6.45) is 0. The number of carboxylic acid groups (broad SMARTS) is 1. The molecule has 0 spiro atoms. The topological polar surface area (TPSA) is 49.3 Å². The van der Waals surface area contributed by atoms with E-state index in [1.54, 1.807) is 43.3 Å². The standard InChI is InChI=1S/C16H15BrFNO2/c1-10-3-4-11(9-14(10)18)16(2,15(20)21)19-13-7-5-12(17)6-8-13/h3-9,19H,1-2H3,(H,20,21). The normalized spacial score (nSPS) is 13.5. The largest absolute Gasteiger partial charge is 0.479 e. The van der Waals surface area contributed by atoms with Gasteiger partial charge >= 0.3 is 5.97 Å². The van der Waals surface area contributed by atoms with E-state index in [-0.39, 0.29) is 0 Å². The number of anilines is 1. The summed E-state index contributed by atoms with van der Waals surface area (Å²) in [5.74, 6) is -1.49. The van der Waals surface area contributed by atoms with Gasteiger partial charge < -0.3 is 10.4 Å². The third-order valence-corrected chi connectivity index (χ3v) is 3.94. The summed E-state index contributed by atoms with van der Waals surface area (Å²) >= 11 is 3.32. The van der Waals surface area contributed by atoms with Gasteiger partial charge in [-0.15, -0.1) is 0 Å². The maximum atomic E-state index is 13.7. The number of halogens is 2. The lowest BCUT2D eigenvalue weighted by molar-refractivity contribution is -0.142. The summed E-state index contributed by atoms with van der Waals surface area (Å²) in [6, 6.07) is 11.6. The van der Waals surface area contributed by atoms with Crippen LogP contribution in [-0.4, -0.2) is 11.1 Å². The van der Waals surface area contributed by atoms with Crippen LogP contribution in [0.2, 0.25) is 0 Å². The van der Waals surface area contributed by atoms with Crippen LogP contribution in [0.5, 0.6) is 0 Å². The number of benzene rings is 2. The van der Waals surface area contributed by atoms with Crippen LogP contribution in [0.1, 0.15) is 18.1 Å². The van der Waals surface area contributed by atoms with E-state index in [0.717, 1.165) is 4.47 Å². The first-order chi connectivity index (χ1) is 9.83. The molecule has 0 aromatic heterocycles. The zero-order valence-electron chi connectivity index (χ0n) is 11.7. The number of carbonyl (C=O) groups is 1. The highest BCUT2D eigenvalue weighted by molar-refractivity contribution is 9.10. The Kier molecular flexibility index (Phi) is 4.32.